The molecule has 30 heavy (non-hydrogen) atoms. The fraction of sp³-hybridized carbons (Fsp3) is 0.130. The van der Waals surface area contributed by atoms with Crippen LogP contribution in [0, 0.1) is 0 Å². The first-order valence-electron chi connectivity index (χ1n) is 9.66. The Kier molecular flexibility index (Phi) is 4.48. The summed E-state index contributed by atoms with van der Waals surface area (Å²) in [7, 11) is 1.64. The summed E-state index contributed by atoms with van der Waals surface area (Å²) in [6.07, 6.45) is 4.28. The van der Waals surface area contributed by atoms with Gasteiger partial charge in [0.05, 0.1) is 13.3 Å². The van der Waals surface area contributed by atoms with Crippen LogP contribution in [0.25, 0.3) is 27.8 Å². The normalized spacial score (nSPS) is 11.2. The lowest BCUT2D eigenvalue weighted by molar-refractivity contribution is 0.414. The third-order valence-corrected chi connectivity index (χ3v) is 5.22. The Balaban J connectivity index is 1.49. The monoisotopic (exact) mass is 397 g/mol. The Labute approximate surface area is 172 Å². The van der Waals surface area contributed by atoms with Crippen LogP contribution >= 0.6 is 0 Å². The summed E-state index contributed by atoms with van der Waals surface area (Å²) >= 11 is 0. The largest absolute Gasteiger partial charge is 0.497 e. The van der Waals surface area contributed by atoms with Crippen molar-refractivity contribution in [2.75, 3.05) is 7.11 Å². The lowest BCUT2D eigenvalue weighted by Gasteiger charge is -2.08. The van der Waals surface area contributed by atoms with Gasteiger partial charge in [-0.05, 0) is 35.7 Å². The number of benzene rings is 2. The van der Waals surface area contributed by atoms with Crippen molar-refractivity contribution in [3.8, 4) is 16.9 Å². The van der Waals surface area contributed by atoms with Gasteiger partial charge in [-0.3, -0.25) is 4.79 Å². The molecule has 0 saturated heterocycles. The summed E-state index contributed by atoms with van der Waals surface area (Å²) in [5.74, 6) is 0.815. The smallest absolute Gasteiger partial charge is 0.280 e. The van der Waals surface area contributed by atoms with E-state index in [0.29, 0.717) is 23.2 Å². The molecule has 7 nitrogen and oxygen atoms in total. The Morgan fingerprint density at radius 3 is 2.53 bits per heavy atom. The molecule has 3 heterocycles. The standard InChI is InChI=1S/C23H19N5O2/c1-30-18-9-7-16(8-10-18)11-13-27-14-12-20-21(23(27)29)25-26-22-19(15-24-28(20)22)17-5-3-2-4-6-17/h2-10,12,14-15H,11,13H2,1H3. The minimum Gasteiger partial charge on any atom is -0.497 e. The maximum absolute atomic E-state index is 13.0. The van der Waals surface area contributed by atoms with Gasteiger partial charge in [0.2, 0.25) is 0 Å². The zero-order valence-corrected chi connectivity index (χ0v) is 16.4. The molecule has 148 valence electrons. The molecule has 0 amide bonds. The zero-order chi connectivity index (χ0) is 20.5. The second-order valence-corrected chi connectivity index (χ2v) is 7.01. The summed E-state index contributed by atoms with van der Waals surface area (Å²) in [6.45, 7) is 0.551. The second kappa shape index (κ2) is 7.44. The molecule has 0 radical (unpaired) electrons. The van der Waals surface area contributed by atoms with E-state index in [-0.39, 0.29) is 5.56 Å². The predicted octanol–water partition coefficient (Wildman–Crippen LogP) is 3.36. The van der Waals surface area contributed by atoms with E-state index in [9.17, 15) is 4.79 Å². The van der Waals surface area contributed by atoms with Crippen molar-refractivity contribution in [3.05, 3.63) is 89.0 Å². The van der Waals surface area contributed by atoms with Crippen LogP contribution in [0.4, 0.5) is 0 Å². The van der Waals surface area contributed by atoms with Gasteiger partial charge in [-0.1, -0.05) is 42.5 Å². The third kappa shape index (κ3) is 3.10. The fourth-order valence-corrected chi connectivity index (χ4v) is 3.57. The number of methoxy groups -OCH3 is 1. The molecule has 0 fully saturated rings. The zero-order valence-electron chi connectivity index (χ0n) is 16.4. The van der Waals surface area contributed by atoms with Crippen LogP contribution < -0.4 is 10.3 Å². The summed E-state index contributed by atoms with van der Waals surface area (Å²) < 4.78 is 8.53. The molecule has 5 rings (SSSR count). The van der Waals surface area contributed by atoms with Crippen molar-refractivity contribution in [3.63, 3.8) is 0 Å². The van der Waals surface area contributed by atoms with Crippen molar-refractivity contribution in [2.45, 2.75) is 13.0 Å². The van der Waals surface area contributed by atoms with Crippen LogP contribution in [0.2, 0.25) is 0 Å². The van der Waals surface area contributed by atoms with Gasteiger partial charge < -0.3 is 9.30 Å². The van der Waals surface area contributed by atoms with Crippen LogP contribution in [-0.2, 0) is 13.0 Å². The Morgan fingerprint density at radius 1 is 0.967 bits per heavy atom. The molecule has 0 N–H and O–H groups in total. The first-order chi connectivity index (χ1) is 14.7. The van der Waals surface area contributed by atoms with Crippen molar-refractivity contribution in [2.24, 2.45) is 0 Å². The van der Waals surface area contributed by atoms with Gasteiger partial charge in [0.1, 0.15) is 11.3 Å². The van der Waals surface area contributed by atoms with Gasteiger partial charge in [-0.2, -0.15) is 5.10 Å². The fourth-order valence-electron chi connectivity index (χ4n) is 3.57. The quantitative estimate of drug-likeness (QED) is 0.455. The Hall–Kier alpha value is -4.00. The van der Waals surface area contributed by atoms with Crippen molar-refractivity contribution < 1.29 is 4.74 Å². The van der Waals surface area contributed by atoms with Crippen LogP contribution in [0.5, 0.6) is 5.75 Å². The summed E-state index contributed by atoms with van der Waals surface area (Å²) in [6, 6.07) is 19.6. The van der Waals surface area contributed by atoms with E-state index >= 15 is 0 Å². The molecule has 2 aromatic carbocycles. The summed E-state index contributed by atoms with van der Waals surface area (Å²) in [5.41, 5.74) is 4.43. The molecule has 0 unspecified atom stereocenters. The van der Waals surface area contributed by atoms with E-state index in [4.69, 9.17) is 4.74 Å². The maximum Gasteiger partial charge on any atom is 0.280 e. The van der Waals surface area contributed by atoms with E-state index < -0.39 is 0 Å². The topological polar surface area (TPSA) is 74.3 Å². The molecular weight excluding hydrogens is 378 g/mol. The van der Waals surface area contributed by atoms with Gasteiger partial charge in [0.15, 0.2) is 11.2 Å². The lowest BCUT2D eigenvalue weighted by atomic mass is 10.1. The minimum absolute atomic E-state index is 0.174. The van der Waals surface area contributed by atoms with Gasteiger partial charge in [0, 0.05) is 18.3 Å². The average Bonchev–Trinajstić information content (AvgIpc) is 3.24. The Bertz CT molecular complexity index is 1390. The first kappa shape index (κ1) is 18.1. The molecule has 3 aromatic heterocycles. The number of aryl methyl sites for hydroxylation is 2. The van der Waals surface area contributed by atoms with Crippen molar-refractivity contribution >= 4 is 16.7 Å². The van der Waals surface area contributed by atoms with Crippen LogP contribution in [0.3, 0.4) is 0 Å². The number of ether oxygens (including phenoxy) is 1. The summed E-state index contributed by atoms with van der Waals surface area (Å²) in [5, 5.41) is 13.0. The number of nitrogens with zero attached hydrogens (tertiary/aromatic N) is 5. The average molecular weight is 397 g/mol. The first-order valence-corrected chi connectivity index (χ1v) is 9.66. The molecule has 0 aliphatic heterocycles. The SMILES string of the molecule is COc1ccc(CCn2ccc3c(nnc4c(-c5ccccc5)cnn43)c2=O)cc1. The molecule has 5 aromatic rings. The molecule has 7 heteroatoms. The minimum atomic E-state index is -0.174. The highest BCUT2D eigenvalue weighted by atomic mass is 16.5. The highest BCUT2D eigenvalue weighted by Crippen LogP contribution is 2.24. The van der Waals surface area contributed by atoms with Crippen LogP contribution in [0.15, 0.2) is 77.9 Å². The van der Waals surface area contributed by atoms with Gasteiger partial charge in [0.25, 0.3) is 5.56 Å². The number of fused-ring (bicyclic) bond motifs is 3. The number of hydrogen-bond acceptors (Lipinski definition) is 5. The Morgan fingerprint density at radius 2 is 1.77 bits per heavy atom. The number of aromatic nitrogens is 5. The van der Waals surface area contributed by atoms with Gasteiger partial charge >= 0.3 is 0 Å². The lowest BCUT2D eigenvalue weighted by Crippen LogP contribution is -2.22. The number of rotatable bonds is 5. The van der Waals surface area contributed by atoms with Crippen LogP contribution in [0.1, 0.15) is 5.56 Å². The van der Waals surface area contributed by atoms with E-state index in [1.54, 1.807) is 28.6 Å². The van der Waals surface area contributed by atoms with Crippen molar-refractivity contribution in [1.82, 2.24) is 24.4 Å². The predicted molar refractivity (Wildman–Crippen MR) is 115 cm³/mol. The highest BCUT2D eigenvalue weighted by Gasteiger charge is 2.14. The second-order valence-electron chi connectivity index (χ2n) is 7.01. The number of hydrogen-bond donors (Lipinski definition) is 0. The van der Waals surface area contributed by atoms with E-state index in [1.807, 2.05) is 60.7 Å². The highest BCUT2D eigenvalue weighted by molar-refractivity contribution is 5.82. The molecular formula is C23H19N5O2. The molecule has 0 bridgehead atoms. The van der Waals surface area contributed by atoms with Gasteiger partial charge in [-0.25, -0.2) is 4.52 Å². The van der Waals surface area contributed by atoms with Crippen LogP contribution in [-0.4, -0.2) is 31.5 Å². The van der Waals surface area contributed by atoms with Crippen molar-refractivity contribution in [1.29, 1.82) is 0 Å². The molecule has 0 atom stereocenters. The molecule has 0 aliphatic rings. The molecule has 0 saturated carbocycles. The third-order valence-electron chi connectivity index (χ3n) is 5.22. The molecule has 0 aliphatic carbocycles. The van der Waals surface area contributed by atoms with E-state index in [1.165, 1.54) is 0 Å². The van der Waals surface area contributed by atoms with Gasteiger partial charge in [-0.15, -0.1) is 10.2 Å². The van der Waals surface area contributed by atoms with E-state index in [2.05, 4.69) is 15.3 Å². The summed E-state index contributed by atoms with van der Waals surface area (Å²) in [4.78, 5) is 13.0. The molecule has 0 spiro atoms. The maximum atomic E-state index is 13.0. The number of pyridine rings is 1. The van der Waals surface area contributed by atoms with E-state index in [0.717, 1.165) is 28.9 Å².